The van der Waals surface area contributed by atoms with E-state index in [0.29, 0.717) is 12.8 Å². The van der Waals surface area contributed by atoms with E-state index in [1.807, 2.05) is 0 Å². The number of benzene rings is 1. The fourth-order valence-corrected chi connectivity index (χ4v) is 2.56. The highest BCUT2D eigenvalue weighted by Gasteiger charge is 2.45. The summed E-state index contributed by atoms with van der Waals surface area (Å²) in [5.41, 5.74) is -1.77. The molecule has 1 amide bonds. The molecule has 0 spiro atoms. The highest BCUT2D eigenvalue weighted by molar-refractivity contribution is 5.85. The van der Waals surface area contributed by atoms with Crippen molar-refractivity contribution >= 4 is 11.9 Å². The Morgan fingerprint density at radius 2 is 2.00 bits per heavy atom. The highest BCUT2D eigenvalue weighted by atomic mass is 19.4. The van der Waals surface area contributed by atoms with Gasteiger partial charge in [-0.2, -0.15) is 13.2 Å². The average Bonchev–Trinajstić information content (AvgIpc) is 2.46. The second-order valence-corrected chi connectivity index (χ2v) is 5.84. The Morgan fingerprint density at radius 3 is 2.54 bits per heavy atom. The van der Waals surface area contributed by atoms with Crippen LogP contribution in [0.5, 0.6) is 5.75 Å². The number of carboxylic acids is 1. The van der Waals surface area contributed by atoms with Gasteiger partial charge in [0.2, 0.25) is 5.91 Å². The van der Waals surface area contributed by atoms with Gasteiger partial charge in [-0.25, -0.2) is 0 Å². The lowest BCUT2D eigenvalue weighted by molar-refractivity contribution is -0.157. The minimum absolute atomic E-state index is 0.00682. The maximum atomic E-state index is 12.6. The molecule has 0 heterocycles. The van der Waals surface area contributed by atoms with Crippen molar-refractivity contribution in [3.8, 4) is 5.75 Å². The van der Waals surface area contributed by atoms with Crippen LogP contribution in [0.4, 0.5) is 13.2 Å². The first-order valence-electron chi connectivity index (χ1n) is 7.53. The van der Waals surface area contributed by atoms with E-state index in [0.717, 1.165) is 18.6 Å². The number of nitrogens with one attached hydrogen (secondary N) is 1. The average molecular weight is 345 g/mol. The van der Waals surface area contributed by atoms with Crippen LogP contribution in [0.1, 0.15) is 31.2 Å². The van der Waals surface area contributed by atoms with Crippen molar-refractivity contribution in [2.75, 3.05) is 13.2 Å². The molecular weight excluding hydrogens is 327 g/mol. The first kappa shape index (κ1) is 18.1. The van der Waals surface area contributed by atoms with Crippen molar-refractivity contribution in [2.45, 2.75) is 31.9 Å². The molecule has 0 saturated heterocycles. The minimum Gasteiger partial charge on any atom is -0.492 e. The molecule has 1 fully saturated rings. The summed E-state index contributed by atoms with van der Waals surface area (Å²) < 4.78 is 42.9. The van der Waals surface area contributed by atoms with Gasteiger partial charge in [0, 0.05) is 6.42 Å². The van der Waals surface area contributed by atoms with Gasteiger partial charge in [-0.15, -0.1) is 0 Å². The number of hydrogen-bond donors (Lipinski definition) is 2. The lowest BCUT2D eigenvalue weighted by atomic mass is 9.66. The second-order valence-electron chi connectivity index (χ2n) is 5.84. The van der Waals surface area contributed by atoms with Gasteiger partial charge in [0.1, 0.15) is 12.4 Å². The number of carbonyl (C=O) groups excluding carboxylic acids is 1. The zero-order chi connectivity index (χ0) is 17.8. The smallest absolute Gasteiger partial charge is 0.416 e. The summed E-state index contributed by atoms with van der Waals surface area (Å²) in [4.78, 5) is 22.9. The largest absolute Gasteiger partial charge is 0.492 e. The van der Waals surface area contributed by atoms with Gasteiger partial charge >= 0.3 is 12.1 Å². The predicted octanol–water partition coefficient (Wildman–Crippen LogP) is 2.85. The van der Waals surface area contributed by atoms with E-state index in [4.69, 9.17) is 9.84 Å². The van der Waals surface area contributed by atoms with Gasteiger partial charge in [-0.05, 0) is 31.0 Å². The molecule has 8 heteroatoms. The number of halogens is 3. The molecule has 1 aliphatic carbocycles. The lowest BCUT2D eigenvalue weighted by Crippen LogP contribution is -2.43. The Labute approximate surface area is 136 Å². The molecular formula is C16H18F3NO4. The van der Waals surface area contributed by atoms with Crippen molar-refractivity contribution in [1.82, 2.24) is 5.32 Å². The molecule has 5 nitrogen and oxygen atoms in total. The summed E-state index contributed by atoms with van der Waals surface area (Å²) in [6.45, 7) is 0.0812. The van der Waals surface area contributed by atoms with Crippen molar-refractivity contribution in [3.63, 3.8) is 0 Å². The Morgan fingerprint density at radius 1 is 1.29 bits per heavy atom. The number of ether oxygens (including phenoxy) is 1. The number of hydrogen-bond acceptors (Lipinski definition) is 3. The van der Waals surface area contributed by atoms with Crippen LogP contribution in [0.3, 0.4) is 0 Å². The van der Waals surface area contributed by atoms with Crippen LogP contribution < -0.4 is 10.1 Å². The number of rotatable bonds is 7. The maximum Gasteiger partial charge on any atom is 0.416 e. The third kappa shape index (κ3) is 4.39. The van der Waals surface area contributed by atoms with Crippen molar-refractivity contribution in [2.24, 2.45) is 5.41 Å². The zero-order valence-corrected chi connectivity index (χ0v) is 12.9. The van der Waals surface area contributed by atoms with Gasteiger partial charge in [0.25, 0.3) is 0 Å². The van der Waals surface area contributed by atoms with E-state index in [9.17, 15) is 22.8 Å². The Kier molecular flexibility index (Phi) is 5.36. The first-order chi connectivity index (χ1) is 11.2. The van der Waals surface area contributed by atoms with Crippen molar-refractivity contribution in [3.05, 3.63) is 29.8 Å². The van der Waals surface area contributed by atoms with Gasteiger partial charge < -0.3 is 15.2 Å². The first-order valence-corrected chi connectivity index (χ1v) is 7.53. The molecule has 132 valence electrons. The van der Waals surface area contributed by atoms with Crippen LogP contribution >= 0.6 is 0 Å². The fourth-order valence-electron chi connectivity index (χ4n) is 2.56. The quantitative estimate of drug-likeness (QED) is 0.745. The molecule has 0 bridgehead atoms. The Bertz CT molecular complexity index is 612. The molecule has 1 aliphatic rings. The van der Waals surface area contributed by atoms with Gasteiger partial charge in [-0.3, -0.25) is 9.59 Å². The van der Waals surface area contributed by atoms with Crippen LogP contribution in [0.25, 0.3) is 0 Å². The molecule has 0 aromatic heterocycles. The summed E-state index contributed by atoms with van der Waals surface area (Å²) in [5, 5.41) is 11.7. The normalized spacial score (nSPS) is 16.1. The van der Waals surface area contributed by atoms with Gasteiger partial charge in [0.05, 0.1) is 17.5 Å². The monoisotopic (exact) mass is 345 g/mol. The summed E-state index contributed by atoms with van der Waals surface area (Å²) in [6.07, 6.45) is -2.78. The Hall–Kier alpha value is -2.25. The molecule has 0 atom stereocenters. The minimum atomic E-state index is -4.44. The predicted molar refractivity (Wildman–Crippen MR) is 78.5 cm³/mol. The molecule has 0 radical (unpaired) electrons. The lowest BCUT2D eigenvalue weighted by Gasteiger charge is -2.36. The number of carboxylic acid groups (broad SMARTS) is 1. The van der Waals surface area contributed by atoms with Crippen molar-refractivity contribution < 1.29 is 32.6 Å². The summed E-state index contributed by atoms with van der Waals surface area (Å²) in [6, 6.07) is 4.46. The molecule has 2 N–H and O–H groups in total. The van der Waals surface area contributed by atoms with Gasteiger partial charge in [-0.1, -0.05) is 12.5 Å². The standard InChI is InChI=1S/C16H18F3NO4/c17-16(18,19)11-3-1-4-12(9-11)24-8-7-20-13(21)10-15(14(22)23)5-2-6-15/h1,3-4,9H,2,5-8,10H2,(H,20,21)(H,22,23). The number of amides is 1. The van der Waals surface area contributed by atoms with E-state index >= 15 is 0 Å². The molecule has 1 saturated carbocycles. The van der Waals surface area contributed by atoms with Crippen LogP contribution in [-0.4, -0.2) is 30.1 Å². The van der Waals surface area contributed by atoms with E-state index in [-0.39, 0.29) is 25.3 Å². The maximum absolute atomic E-state index is 12.6. The van der Waals surface area contributed by atoms with Crippen molar-refractivity contribution in [1.29, 1.82) is 0 Å². The van der Waals surface area contributed by atoms with E-state index < -0.39 is 29.0 Å². The number of alkyl halides is 3. The van der Waals surface area contributed by atoms with Crippen LogP contribution in [-0.2, 0) is 15.8 Å². The van der Waals surface area contributed by atoms with Crippen LogP contribution in [0, 0.1) is 5.41 Å². The second kappa shape index (κ2) is 7.11. The molecule has 0 aliphatic heterocycles. The summed E-state index contributed by atoms with van der Waals surface area (Å²) in [7, 11) is 0. The third-order valence-electron chi connectivity index (χ3n) is 4.12. The SMILES string of the molecule is O=C(CC1(C(=O)O)CCC1)NCCOc1cccc(C(F)(F)F)c1. The number of aliphatic carboxylic acids is 1. The molecule has 1 aromatic carbocycles. The third-order valence-corrected chi connectivity index (χ3v) is 4.12. The van der Waals surface area contributed by atoms with Crippen LogP contribution in [0.15, 0.2) is 24.3 Å². The van der Waals surface area contributed by atoms with E-state index in [1.54, 1.807) is 0 Å². The summed E-state index contributed by atoms with van der Waals surface area (Å²) >= 11 is 0. The molecule has 1 aromatic rings. The van der Waals surface area contributed by atoms with E-state index in [1.165, 1.54) is 12.1 Å². The zero-order valence-electron chi connectivity index (χ0n) is 12.9. The summed E-state index contributed by atoms with van der Waals surface area (Å²) in [5.74, 6) is -1.31. The number of carbonyl (C=O) groups is 2. The molecule has 2 rings (SSSR count). The molecule has 0 unspecified atom stereocenters. The van der Waals surface area contributed by atoms with E-state index in [2.05, 4.69) is 5.32 Å². The highest BCUT2D eigenvalue weighted by Crippen LogP contribution is 2.44. The molecule has 24 heavy (non-hydrogen) atoms. The fraction of sp³-hybridized carbons (Fsp3) is 0.500. The van der Waals surface area contributed by atoms with Crippen LogP contribution in [0.2, 0.25) is 0 Å². The van der Waals surface area contributed by atoms with Gasteiger partial charge in [0.15, 0.2) is 0 Å². The topological polar surface area (TPSA) is 75.6 Å². The Balaban J connectivity index is 1.75.